The SMILES string of the molecule is COCCNc1nc(SC)nc2c1cnn2CCNC(=O)c1ccc(S(=O)(=O)N2CCOCC2)cc1. The van der Waals surface area contributed by atoms with E-state index in [4.69, 9.17) is 9.47 Å². The maximum absolute atomic E-state index is 12.8. The number of thioether (sulfide) groups is 1. The van der Waals surface area contributed by atoms with Gasteiger partial charge in [-0.25, -0.2) is 23.1 Å². The maximum atomic E-state index is 12.8. The van der Waals surface area contributed by atoms with Crippen LogP contribution in [0, 0.1) is 0 Å². The standard InChI is InChI=1S/C22H29N7O5S2/c1-33-12-8-23-19-18-15-25-29(20(18)27-22(26-19)35-2)9-7-24-21(30)16-3-5-17(6-4-16)36(31,32)28-10-13-34-14-11-28/h3-6,15H,7-14H2,1-2H3,(H,24,30)(H,23,26,27). The number of anilines is 1. The van der Waals surface area contributed by atoms with Gasteiger partial charge in [-0.2, -0.15) is 9.40 Å². The number of hydrogen-bond donors (Lipinski definition) is 2. The summed E-state index contributed by atoms with van der Waals surface area (Å²) in [4.78, 5) is 21.9. The van der Waals surface area contributed by atoms with Gasteiger partial charge in [0.05, 0.1) is 42.8 Å². The summed E-state index contributed by atoms with van der Waals surface area (Å²) in [5.74, 6) is 0.381. The number of nitrogens with zero attached hydrogens (tertiary/aromatic N) is 5. The lowest BCUT2D eigenvalue weighted by Gasteiger charge is -2.26. The first-order valence-electron chi connectivity index (χ1n) is 11.4. The van der Waals surface area contributed by atoms with Crippen LogP contribution in [0.1, 0.15) is 10.4 Å². The molecule has 14 heteroatoms. The van der Waals surface area contributed by atoms with Crippen LogP contribution in [-0.2, 0) is 26.0 Å². The number of benzene rings is 1. The van der Waals surface area contributed by atoms with Crippen molar-refractivity contribution in [2.24, 2.45) is 0 Å². The van der Waals surface area contributed by atoms with Gasteiger partial charge >= 0.3 is 0 Å². The number of aromatic nitrogens is 4. The number of sulfonamides is 1. The average molecular weight is 536 g/mol. The molecule has 1 aromatic carbocycles. The molecule has 0 unspecified atom stereocenters. The molecule has 2 N–H and O–H groups in total. The highest BCUT2D eigenvalue weighted by molar-refractivity contribution is 7.98. The lowest BCUT2D eigenvalue weighted by Crippen LogP contribution is -2.40. The number of nitrogens with one attached hydrogen (secondary N) is 2. The van der Waals surface area contributed by atoms with Crippen LogP contribution in [0.5, 0.6) is 0 Å². The van der Waals surface area contributed by atoms with Crippen molar-refractivity contribution < 1.29 is 22.7 Å². The minimum atomic E-state index is -3.60. The average Bonchev–Trinajstić information content (AvgIpc) is 3.32. The Balaban J connectivity index is 1.38. The Labute approximate surface area is 213 Å². The normalized spacial score (nSPS) is 14.7. The summed E-state index contributed by atoms with van der Waals surface area (Å²) in [5, 5.41) is 11.9. The smallest absolute Gasteiger partial charge is 0.251 e. The second kappa shape index (κ2) is 12.0. The van der Waals surface area contributed by atoms with Gasteiger partial charge in [0.25, 0.3) is 5.91 Å². The molecule has 0 saturated carbocycles. The van der Waals surface area contributed by atoms with Crippen LogP contribution in [0.25, 0.3) is 11.0 Å². The zero-order valence-corrected chi connectivity index (χ0v) is 21.8. The molecular weight excluding hydrogens is 506 g/mol. The van der Waals surface area contributed by atoms with Crippen molar-refractivity contribution in [1.82, 2.24) is 29.4 Å². The number of morpholine rings is 1. The molecule has 1 fully saturated rings. The predicted octanol–water partition coefficient (Wildman–Crippen LogP) is 1.06. The minimum absolute atomic E-state index is 0.156. The van der Waals surface area contributed by atoms with Crippen LogP contribution >= 0.6 is 11.8 Å². The van der Waals surface area contributed by atoms with Crippen LogP contribution in [0.3, 0.4) is 0 Å². The zero-order valence-electron chi connectivity index (χ0n) is 20.1. The fraction of sp³-hybridized carbons (Fsp3) is 0.455. The van der Waals surface area contributed by atoms with Crippen molar-refractivity contribution in [3.8, 4) is 0 Å². The molecule has 1 amide bonds. The van der Waals surface area contributed by atoms with Crippen molar-refractivity contribution in [3.05, 3.63) is 36.0 Å². The number of ether oxygens (including phenoxy) is 2. The number of methoxy groups -OCH3 is 1. The number of amides is 1. The third-order valence-corrected chi connectivity index (χ3v) is 8.05. The first kappa shape index (κ1) is 26.3. The molecular formula is C22H29N7O5S2. The van der Waals surface area contributed by atoms with Gasteiger partial charge in [-0.15, -0.1) is 0 Å². The number of carbonyl (C=O) groups excluding carboxylic acids is 1. The van der Waals surface area contributed by atoms with Crippen molar-refractivity contribution in [1.29, 1.82) is 0 Å². The highest BCUT2D eigenvalue weighted by Crippen LogP contribution is 2.23. The topological polar surface area (TPSA) is 141 Å². The molecule has 4 rings (SSSR count). The third-order valence-electron chi connectivity index (χ3n) is 5.59. The second-order valence-electron chi connectivity index (χ2n) is 7.88. The zero-order chi connectivity index (χ0) is 25.5. The van der Waals surface area contributed by atoms with E-state index in [-0.39, 0.29) is 10.8 Å². The van der Waals surface area contributed by atoms with Gasteiger partial charge in [-0.05, 0) is 30.5 Å². The molecule has 194 valence electrons. The van der Waals surface area contributed by atoms with Crippen molar-refractivity contribution in [2.75, 3.05) is 64.7 Å². The maximum Gasteiger partial charge on any atom is 0.251 e. The summed E-state index contributed by atoms with van der Waals surface area (Å²) < 4.78 is 38.9. The molecule has 2 aromatic heterocycles. The Bertz CT molecular complexity index is 1290. The third kappa shape index (κ3) is 5.95. The molecule has 0 aliphatic carbocycles. The van der Waals surface area contributed by atoms with E-state index in [1.807, 2.05) is 6.26 Å². The number of rotatable bonds is 11. The van der Waals surface area contributed by atoms with Gasteiger partial charge in [-0.1, -0.05) is 11.8 Å². The number of hydrogen-bond acceptors (Lipinski definition) is 10. The highest BCUT2D eigenvalue weighted by atomic mass is 32.2. The molecule has 0 atom stereocenters. The summed E-state index contributed by atoms with van der Waals surface area (Å²) in [6.07, 6.45) is 3.60. The van der Waals surface area contributed by atoms with Gasteiger partial charge in [0.2, 0.25) is 10.0 Å². The van der Waals surface area contributed by atoms with Gasteiger partial charge < -0.3 is 20.1 Å². The van der Waals surface area contributed by atoms with Crippen LogP contribution in [0.4, 0.5) is 5.82 Å². The van der Waals surface area contributed by atoms with Gasteiger partial charge in [-0.3, -0.25) is 4.79 Å². The summed E-state index contributed by atoms with van der Waals surface area (Å²) in [6, 6.07) is 5.95. The van der Waals surface area contributed by atoms with E-state index >= 15 is 0 Å². The van der Waals surface area contributed by atoms with E-state index in [1.54, 1.807) is 18.0 Å². The second-order valence-corrected chi connectivity index (χ2v) is 10.6. The predicted molar refractivity (Wildman–Crippen MR) is 136 cm³/mol. The largest absolute Gasteiger partial charge is 0.383 e. The first-order chi connectivity index (χ1) is 17.4. The Morgan fingerprint density at radius 3 is 2.61 bits per heavy atom. The number of fused-ring (bicyclic) bond motifs is 1. The van der Waals surface area contributed by atoms with Crippen molar-refractivity contribution in [3.63, 3.8) is 0 Å². The van der Waals surface area contributed by atoms with E-state index in [1.165, 1.54) is 40.3 Å². The van der Waals surface area contributed by atoms with E-state index < -0.39 is 10.0 Å². The summed E-state index contributed by atoms with van der Waals surface area (Å²) in [7, 11) is -1.97. The number of carbonyl (C=O) groups is 1. The lowest BCUT2D eigenvalue weighted by atomic mass is 10.2. The van der Waals surface area contributed by atoms with Crippen LogP contribution in [0.15, 0.2) is 40.5 Å². The van der Waals surface area contributed by atoms with E-state index in [2.05, 4.69) is 25.7 Å². The first-order valence-corrected chi connectivity index (χ1v) is 14.1. The van der Waals surface area contributed by atoms with Crippen LogP contribution in [-0.4, -0.2) is 97.7 Å². The summed E-state index contributed by atoms with van der Waals surface area (Å²) in [6.45, 7) is 3.25. The molecule has 1 aliphatic rings. The summed E-state index contributed by atoms with van der Waals surface area (Å²) in [5.41, 5.74) is 1.04. The fourth-order valence-electron chi connectivity index (χ4n) is 3.69. The molecule has 0 spiro atoms. The molecule has 36 heavy (non-hydrogen) atoms. The molecule has 1 saturated heterocycles. The van der Waals surface area contributed by atoms with Gasteiger partial charge in [0, 0.05) is 38.9 Å². The molecule has 0 radical (unpaired) electrons. The Morgan fingerprint density at radius 2 is 1.92 bits per heavy atom. The minimum Gasteiger partial charge on any atom is -0.383 e. The van der Waals surface area contributed by atoms with Crippen molar-refractivity contribution in [2.45, 2.75) is 16.6 Å². The molecule has 3 aromatic rings. The Morgan fingerprint density at radius 1 is 1.17 bits per heavy atom. The van der Waals surface area contributed by atoms with Crippen molar-refractivity contribution >= 4 is 44.5 Å². The van der Waals surface area contributed by atoms with Crippen LogP contribution < -0.4 is 10.6 Å². The van der Waals surface area contributed by atoms with E-state index in [9.17, 15) is 13.2 Å². The monoisotopic (exact) mass is 535 g/mol. The molecule has 1 aliphatic heterocycles. The molecule has 12 nitrogen and oxygen atoms in total. The Kier molecular flexibility index (Phi) is 8.74. The lowest BCUT2D eigenvalue weighted by molar-refractivity contribution is 0.0730. The van der Waals surface area contributed by atoms with E-state index in [0.29, 0.717) is 74.7 Å². The van der Waals surface area contributed by atoms with Crippen LogP contribution in [0.2, 0.25) is 0 Å². The highest BCUT2D eigenvalue weighted by Gasteiger charge is 2.26. The van der Waals surface area contributed by atoms with E-state index in [0.717, 1.165) is 5.39 Å². The van der Waals surface area contributed by atoms with Gasteiger partial charge in [0.15, 0.2) is 10.8 Å². The molecule has 0 bridgehead atoms. The quantitative estimate of drug-likeness (QED) is 0.208. The van der Waals surface area contributed by atoms with Gasteiger partial charge in [0.1, 0.15) is 5.82 Å². The molecule has 3 heterocycles. The summed E-state index contributed by atoms with van der Waals surface area (Å²) >= 11 is 1.43. The Hall–Kier alpha value is -2.78. The fourth-order valence-corrected chi connectivity index (χ4v) is 5.46.